The van der Waals surface area contributed by atoms with E-state index >= 15 is 0 Å². The molecule has 2 atom stereocenters. The molecule has 1 aliphatic rings. The van der Waals surface area contributed by atoms with E-state index in [2.05, 4.69) is 34.0 Å². The summed E-state index contributed by atoms with van der Waals surface area (Å²) in [5.41, 5.74) is 2.28. The van der Waals surface area contributed by atoms with E-state index in [4.69, 9.17) is 16.3 Å². The molecular weight excluding hydrogens is 386 g/mol. The Hall–Kier alpha value is -1.95. The van der Waals surface area contributed by atoms with Gasteiger partial charge in [-0.2, -0.15) is 0 Å². The van der Waals surface area contributed by atoms with Crippen LogP contribution in [0.4, 0.5) is 0 Å². The van der Waals surface area contributed by atoms with Crippen molar-refractivity contribution in [2.45, 2.75) is 25.8 Å². The third-order valence-corrected chi connectivity index (χ3v) is 5.75. The van der Waals surface area contributed by atoms with Gasteiger partial charge in [-0.15, -0.1) is 0 Å². The first kappa shape index (κ1) is 21.8. The van der Waals surface area contributed by atoms with Gasteiger partial charge in [0.2, 0.25) is 0 Å². The number of likely N-dealkylation sites (tertiary alicyclic amines) is 1. The summed E-state index contributed by atoms with van der Waals surface area (Å²) < 4.78 is 5.22. The molecule has 0 aliphatic carbocycles. The molecule has 1 fully saturated rings. The predicted octanol–water partition coefficient (Wildman–Crippen LogP) is 3.84. The summed E-state index contributed by atoms with van der Waals surface area (Å²) in [6.45, 7) is 6.03. The molecule has 29 heavy (non-hydrogen) atoms. The molecule has 1 aromatic carbocycles. The van der Waals surface area contributed by atoms with Gasteiger partial charge in [-0.3, -0.25) is 14.7 Å². The second kappa shape index (κ2) is 10.7. The molecule has 0 bridgehead atoms. The Morgan fingerprint density at radius 1 is 1.28 bits per heavy atom. The lowest BCUT2D eigenvalue weighted by Crippen LogP contribution is -2.44. The van der Waals surface area contributed by atoms with Gasteiger partial charge >= 0.3 is 5.97 Å². The highest BCUT2D eigenvalue weighted by Crippen LogP contribution is 2.34. The topological polar surface area (TPSA) is 45.7 Å². The van der Waals surface area contributed by atoms with Crippen LogP contribution < -0.4 is 0 Å². The quantitative estimate of drug-likeness (QED) is 0.613. The first-order valence-corrected chi connectivity index (χ1v) is 10.6. The lowest BCUT2D eigenvalue weighted by molar-refractivity contribution is -0.144. The number of aromatic nitrogens is 1. The van der Waals surface area contributed by atoms with Crippen molar-refractivity contribution in [3.05, 3.63) is 64.9 Å². The zero-order valence-electron chi connectivity index (χ0n) is 17.3. The maximum absolute atomic E-state index is 12.2. The van der Waals surface area contributed by atoms with Crippen molar-refractivity contribution in [2.75, 3.05) is 39.8 Å². The van der Waals surface area contributed by atoms with Crippen LogP contribution in [-0.4, -0.2) is 60.6 Å². The molecule has 2 heterocycles. The molecule has 0 saturated carbocycles. The number of piperidine rings is 1. The maximum Gasteiger partial charge on any atom is 0.320 e. The smallest absolute Gasteiger partial charge is 0.320 e. The fraction of sp³-hybridized carbons (Fsp3) is 0.478. The van der Waals surface area contributed by atoms with E-state index in [0.29, 0.717) is 25.0 Å². The van der Waals surface area contributed by atoms with Crippen LogP contribution in [0, 0.1) is 5.92 Å². The van der Waals surface area contributed by atoms with Crippen LogP contribution in [0.1, 0.15) is 30.5 Å². The number of carbonyl (C=O) groups is 1. The Kier molecular flexibility index (Phi) is 8.04. The predicted molar refractivity (Wildman–Crippen MR) is 116 cm³/mol. The highest BCUT2D eigenvalue weighted by Gasteiger charge is 2.31. The Morgan fingerprint density at radius 2 is 2.07 bits per heavy atom. The van der Waals surface area contributed by atoms with Gasteiger partial charge in [0.15, 0.2) is 0 Å². The van der Waals surface area contributed by atoms with E-state index in [9.17, 15) is 4.79 Å². The summed E-state index contributed by atoms with van der Waals surface area (Å²) in [6.07, 6.45) is 2.89. The van der Waals surface area contributed by atoms with Crippen LogP contribution >= 0.6 is 11.6 Å². The number of esters is 1. The molecule has 0 radical (unpaired) electrons. The first-order valence-electron chi connectivity index (χ1n) is 10.3. The van der Waals surface area contributed by atoms with E-state index in [1.54, 1.807) is 6.20 Å². The second-order valence-corrected chi connectivity index (χ2v) is 8.20. The zero-order chi connectivity index (χ0) is 20.6. The summed E-state index contributed by atoms with van der Waals surface area (Å²) in [7, 11) is 2.17. The number of halogens is 1. The van der Waals surface area contributed by atoms with Gasteiger partial charge in [0, 0.05) is 30.9 Å². The summed E-state index contributed by atoms with van der Waals surface area (Å²) in [5.74, 6) is 0.667. The van der Waals surface area contributed by atoms with Crippen LogP contribution in [0.2, 0.25) is 5.02 Å². The summed E-state index contributed by atoms with van der Waals surface area (Å²) in [6, 6.07) is 14.1. The minimum atomic E-state index is -0.185. The van der Waals surface area contributed by atoms with Gasteiger partial charge in [0.05, 0.1) is 18.8 Å². The number of nitrogens with zero attached hydrogens (tertiary/aromatic N) is 3. The van der Waals surface area contributed by atoms with E-state index in [1.807, 2.05) is 37.3 Å². The van der Waals surface area contributed by atoms with Gasteiger partial charge in [-0.1, -0.05) is 29.8 Å². The van der Waals surface area contributed by atoms with E-state index in [0.717, 1.165) is 36.8 Å². The van der Waals surface area contributed by atoms with E-state index in [-0.39, 0.29) is 12.5 Å². The van der Waals surface area contributed by atoms with Crippen LogP contribution in [0.15, 0.2) is 48.7 Å². The lowest BCUT2D eigenvalue weighted by atomic mass is 9.80. The molecule has 5 nitrogen and oxygen atoms in total. The van der Waals surface area contributed by atoms with Crippen molar-refractivity contribution >= 4 is 17.6 Å². The van der Waals surface area contributed by atoms with Crippen LogP contribution in [0.25, 0.3) is 0 Å². The number of rotatable bonds is 8. The third kappa shape index (κ3) is 6.53. The van der Waals surface area contributed by atoms with Gasteiger partial charge in [0.1, 0.15) is 0 Å². The molecule has 6 heteroatoms. The van der Waals surface area contributed by atoms with Crippen molar-refractivity contribution in [3.63, 3.8) is 0 Å². The Balaban J connectivity index is 1.77. The van der Waals surface area contributed by atoms with Gasteiger partial charge < -0.3 is 9.64 Å². The fourth-order valence-corrected chi connectivity index (χ4v) is 4.30. The summed E-state index contributed by atoms with van der Waals surface area (Å²) >= 11 is 6.10. The van der Waals surface area contributed by atoms with E-state index < -0.39 is 0 Å². The highest BCUT2D eigenvalue weighted by atomic mass is 35.5. The lowest BCUT2D eigenvalue weighted by Gasteiger charge is -2.39. The molecule has 0 spiro atoms. The number of pyridine rings is 1. The van der Waals surface area contributed by atoms with Gasteiger partial charge in [-0.25, -0.2) is 0 Å². The number of hydrogen-bond donors (Lipinski definition) is 0. The molecule has 0 N–H and O–H groups in total. The highest BCUT2D eigenvalue weighted by molar-refractivity contribution is 6.30. The zero-order valence-corrected chi connectivity index (χ0v) is 18.0. The van der Waals surface area contributed by atoms with Crippen LogP contribution in [0.5, 0.6) is 0 Å². The minimum Gasteiger partial charge on any atom is -0.465 e. The summed E-state index contributed by atoms with van der Waals surface area (Å²) in [5, 5.41) is 0.761. The van der Waals surface area contributed by atoms with Gasteiger partial charge in [-0.05, 0) is 68.6 Å². The third-order valence-electron chi connectivity index (χ3n) is 5.50. The molecule has 3 rings (SSSR count). The average Bonchev–Trinajstić information content (AvgIpc) is 2.70. The second-order valence-electron chi connectivity index (χ2n) is 7.76. The van der Waals surface area contributed by atoms with Crippen molar-refractivity contribution in [1.29, 1.82) is 0 Å². The Bertz CT molecular complexity index is 769. The molecule has 2 unspecified atom stereocenters. The van der Waals surface area contributed by atoms with Crippen molar-refractivity contribution in [2.24, 2.45) is 5.92 Å². The fourth-order valence-electron chi connectivity index (χ4n) is 4.17. The average molecular weight is 416 g/mol. The van der Waals surface area contributed by atoms with Crippen LogP contribution in [-0.2, 0) is 16.1 Å². The van der Waals surface area contributed by atoms with Crippen molar-refractivity contribution < 1.29 is 9.53 Å². The largest absolute Gasteiger partial charge is 0.465 e. The maximum atomic E-state index is 12.2. The molecule has 1 aromatic heterocycles. The summed E-state index contributed by atoms with van der Waals surface area (Å²) in [4.78, 5) is 21.2. The number of carbonyl (C=O) groups excluding carboxylic acids is 1. The molecule has 0 amide bonds. The molecular formula is C23H30ClN3O2. The molecule has 2 aromatic rings. The van der Waals surface area contributed by atoms with E-state index in [1.165, 1.54) is 5.56 Å². The molecule has 1 saturated heterocycles. The van der Waals surface area contributed by atoms with Crippen LogP contribution in [0.3, 0.4) is 0 Å². The van der Waals surface area contributed by atoms with Crippen molar-refractivity contribution in [1.82, 2.24) is 14.8 Å². The number of ether oxygens (including phenoxy) is 1. The van der Waals surface area contributed by atoms with Gasteiger partial charge in [0.25, 0.3) is 0 Å². The van der Waals surface area contributed by atoms with Crippen molar-refractivity contribution in [3.8, 4) is 0 Å². The number of hydrogen-bond acceptors (Lipinski definition) is 5. The Morgan fingerprint density at radius 3 is 2.76 bits per heavy atom. The first-order chi connectivity index (χ1) is 14.0. The minimum absolute atomic E-state index is 0.185. The normalized spacial score (nSPS) is 20.0. The number of benzene rings is 1. The SMILES string of the molecule is CCOC(=O)CN(Cc1ccccn1)CC1CN(C)CCC1c1ccc(Cl)cc1. The Labute approximate surface area is 178 Å². The molecule has 1 aliphatic heterocycles. The standard InChI is InChI=1S/C23H30ClN3O2/c1-3-29-23(28)17-27(16-21-6-4-5-12-25-21)15-19-14-26(2)13-11-22(19)18-7-9-20(24)10-8-18/h4-10,12,19,22H,3,11,13-17H2,1-2H3. The monoisotopic (exact) mass is 415 g/mol. The molecule has 156 valence electrons.